The second-order valence-corrected chi connectivity index (χ2v) is 6.75. The predicted octanol–water partition coefficient (Wildman–Crippen LogP) is 4.21. The van der Waals surface area contributed by atoms with Gasteiger partial charge in [0.1, 0.15) is 0 Å². The van der Waals surface area contributed by atoms with Crippen LogP contribution in [0, 0.1) is 25.2 Å². The maximum absolute atomic E-state index is 12.0. The summed E-state index contributed by atoms with van der Waals surface area (Å²) in [4.78, 5) is 12.0. The van der Waals surface area contributed by atoms with Gasteiger partial charge in [-0.2, -0.15) is 10.4 Å². The molecule has 1 N–H and O–H groups in total. The molecule has 0 spiro atoms. The van der Waals surface area contributed by atoms with Gasteiger partial charge in [-0.1, -0.05) is 45.4 Å². The second kappa shape index (κ2) is 12.5. The van der Waals surface area contributed by atoms with Crippen molar-refractivity contribution in [3.63, 3.8) is 0 Å². The fourth-order valence-electron chi connectivity index (χ4n) is 3.11. The van der Waals surface area contributed by atoms with E-state index >= 15 is 0 Å². The lowest BCUT2D eigenvalue weighted by atomic mass is 10.1. The highest BCUT2D eigenvalue weighted by Crippen LogP contribution is 2.15. The van der Waals surface area contributed by atoms with E-state index in [-0.39, 0.29) is 5.91 Å². The fourth-order valence-corrected chi connectivity index (χ4v) is 3.11. The van der Waals surface area contributed by atoms with Crippen LogP contribution in [-0.2, 0) is 17.8 Å². The van der Waals surface area contributed by atoms with Crippen molar-refractivity contribution in [2.24, 2.45) is 0 Å². The van der Waals surface area contributed by atoms with Gasteiger partial charge < -0.3 is 5.32 Å². The topological polar surface area (TPSA) is 70.7 Å². The highest BCUT2D eigenvalue weighted by atomic mass is 16.1. The monoisotopic (exact) mass is 346 g/mol. The molecule has 1 rings (SSSR count). The molecule has 0 atom stereocenters. The Morgan fingerprint density at radius 3 is 2.52 bits per heavy atom. The molecule has 1 aromatic heterocycles. The van der Waals surface area contributed by atoms with Crippen molar-refractivity contribution in [2.45, 2.75) is 91.5 Å². The maximum Gasteiger partial charge on any atom is 0.220 e. The van der Waals surface area contributed by atoms with Crippen LogP contribution in [0.3, 0.4) is 0 Å². The van der Waals surface area contributed by atoms with E-state index in [1.165, 1.54) is 38.5 Å². The van der Waals surface area contributed by atoms with Gasteiger partial charge in [0.15, 0.2) is 0 Å². The maximum atomic E-state index is 12.0. The molecule has 0 aliphatic carbocycles. The van der Waals surface area contributed by atoms with Gasteiger partial charge >= 0.3 is 0 Å². The van der Waals surface area contributed by atoms with E-state index in [2.05, 4.69) is 23.4 Å². The summed E-state index contributed by atoms with van der Waals surface area (Å²) in [5.74, 6) is 0.120. The molecule has 0 bridgehead atoms. The van der Waals surface area contributed by atoms with Gasteiger partial charge in [0.2, 0.25) is 5.91 Å². The zero-order valence-electron chi connectivity index (χ0n) is 16.2. The molecule has 0 fully saturated rings. The highest BCUT2D eigenvalue weighted by Gasteiger charge is 2.12. The van der Waals surface area contributed by atoms with Crippen LogP contribution in [0.1, 0.15) is 81.7 Å². The Morgan fingerprint density at radius 2 is 1.84 bits per heavy atom. The van der Waals surface area contributed by atoms with Crippen molar-refractivity contribution in [3.05, 3.63) is 17.0 Å². The molecule has 1 amide bonds. The van der Waals surface area contributed by atoms with E-state index in [0.29, 0.717) is 25.8 Å². The van der Waals surface area contributed by atoms with Crippen molar-refractivity contribution >= 4 is 5.91 Å². The number of aryl methyl sites for hydroxylation is 2. The van der Waals surface area contributed by atoms with Crippen LogP contribution in [0.5, 0.6) is 0 Å². The van der Waals surface area contributed by atoms with E-state index in [9.17, 15) is 4.79 Å². The number of nitrogens with one attached hydrogen (secondary N) is 1. The van der Waals surface area contributed by atoms with Gasteiger partial charge in [-0.05, 0) is 32.3 Å². The lowest BCUT2D eigenvalue weighted by Crippen LogP contribution is -2.24. The number of carbonyl (C=O) groups excluding carboxylic acids is 1. The molecule has 5 heteroatoms. The van der Waals surface area contributed by atoms with Gasteiger partial charge in [0.05, 0.1) is 24.7 Å². The Balaban J connectivity index is 2.22. The molecular weight excluding hydrogens is 312 g/mol. The summed E-state index contributed by atoms with van der Waals surface area (Å²) < 4.78 is 1.88. The average molecular weight is 347 g/mol. The molecule has 0 aromatic carbocycles. The molecule has 0 unspecified atom stereocenters. The average Bonchev–Trinajstić information content (AvgIpc) is 2.87. The van der Waals surface area contributed by atoms with E-state index < -0.39 is 0 Å². The van der Waals surface area contributed by atoms with Gasteiger partial charge in [-0.15, -0.1) is 0 Å². The Bertz CT molecular complexity index is 557. The number of carbonyl (C=O) groups is 1. The molecule has 25 heavy (non-hydrogen) atoms. The molecule has 1 heterocycles. The van der Waals surface area contributed by atoms with Crippen LogP contribution in [0.2, 0.25) is 0 Å². The van der Waals surface area contributed by atoms with Crippen molar-refractivity contribution in [1.29, 1.82) is 5.26 Å². The van der Waals surface area contributed by atoms with E-state index in [4.69, 9.17) is 5.26 Å². The third-order valence-electron chi connectivity index (χ3n) is 4.67. The number of rotatable bonds is 13. The first-order chi connectivity index (χ1) is 12.1. The Kier molecular flexibility index (Phi) is 10.6. The van der Waals surface area contributed by atoms with Gasteiger partial charge in [-0.3, -0.25) is 9.48 Å². The largest absolute Gasteiger partial charge is 0.356 e. The molecule has 0 radical (unpaired) electrons. The molecule has 0 saturated carbocycles. The minimum Gasteiger partial charge on any atom is -0.356 e. The molecule has 5 nitrogen and oxygen atoms in total. The van der Waals surface area contributed by atoms with Crippen LogP contribution >= 0.6 is 0 Å². The number of unbranched alkanes of at least 4 members (excludes halogenated alkanes) is 6. The number of hydrogen-bond donors (Lipinski definition) is 1. The third-order valence-corrected chi connectivity index (χ3v) is 4.67. The first-order valence-corrected chi connectivity index (χ1v) is 9.76. The van der Waals surface area contributed by atoms with Gasteiger partial charge in [-0.25, -0.2) is 0 Å². The lowest BCUT2D eigenvalue weighted by Gasteiger charge is -2.06. The minimum absolute atomic E-state index is 0.120. The van der Waals surface area contributed by atoms with Crippen molar-refractivity contribution in [1.82, 2.24) is 15.1 Å². The van der Waals surface area contributed by atoms with Crippen LogP contribution in [0.25, 0.3) is 0 Å². The van der Waals surface area contributed by atoms with E-state index in [1.807, 2.05) is 18.5 Å². The van der Waals surface area contributed by atoms with Crippen molar-refractivity contribution in [2.75, 3.05) is 6.54 Å². The number of hydrogen-bond acceptors (Lipinski definition) is 3. The van der Waals surface area contributed by atoms with Crippen molar-refractivity contribution < 1.29 is 4.79 Å². The lowest BCUT2D eigenvalue weighted by molar-refractivity contribution is -0.121. The smallest absolute Gasteiger partial charge is 0.220 e. The first-order valence-electron chi connectivity index (χ1n) is 9.76. The number of nitriles is 1. The van der Waals surface area contributed by atoms with Crippen LogP contribution in [0.15, 0.2) is 0 Å². The third kappa shape index (κ3) is 8.20. The number of amides is 1. The molecule has 140 valence electrons. The zero-order valence-corrected chi connectivity index (χ0v) is 16.2. The molecule has 0 saturated heterocycles. The summed E-state index contributed by atoms with van der Waals surface area (Å²) >= 11 is 0. The Labute approximate surface area is 152 Å². The molecule has 0 aliphatic heterocycles. The molecule has 1 aromatic rings. The summed E-state index contributed by atoms with van der Waals surface area (Å²) in [7, 11) is 0. The summed E-state index contributed by atoms with van der Waals surface area (Å²) in [6.45, 7) is 7.63. The summed E-state index contributed by atoms with van der Waals surface area (Å²) in [5.41, 5.74) is 3.19. The van der Waals surface area contributed by atoms with E-state index in [1.54, 1.807) is 0 Å². The Hall–Kier alpha value is -1.83. The van der Waals surface area contributed by atoms with Crippen LogP contribution in [0.4, 0.5) is 0 Å². The summed E-state index contributed by atoms with van der Waals surface area (Å²) in [6, 6.07) is 2.14. The predicted molar refractivity (Wildman–Crippen MR) is 101 cm³/mol. The fraction of sp³-hybridized carbons (Fsp3) is 0.750. The molecular formula is C20H34N4O. The zero-order chi connectivity index (χ0) is 18.5. The van der Waals surface area contributed by atoms with Gasteiger partial charge in [0.25, 0.3) is 0 Å². The van der Waals surface area contributed by atoms with Gasteiger partial charge in [0, 0.05) is 18.7 Å². The van der Waals surface area contributed by atoms with E-state index in [0.717, 1.165) is 29.9 Å². The summed E-state index contributed by atoms with van der Waals surface area (Å²) in [5, 5.41) is 16.2. The number of nitrogens with zero attached hydrogens (tertiary/aromatic N) is 3. The normalized spacial score (nSPS) is 10.6. The summed E-state index contributed by atoms with van der Waals surface area (Å²) in [6.07, 6.45) is 10.5. The standard InChI is InChI=1S/C20H34N4O/c1-4-5-6-7-8-9-10-15-22-20(25)13-12-19-17(2)23-24(18(19)3)16-11-14-21/h4-13,15-16H2,1-3H3,(H,22,25). The second-order valence-electron chi connectivity index (χ2n) is 6.75. The van der Waals surface area contributed by atoms with Crippen molar-refractivity contribution in [3.8, 4) is 6.07 Å². The quantitative estimate of drug-likeness (QED) is 0.544. The minimum atomic E-state index is 0.120. The number of aromatic nitrogens is 2. The highest BCUT2D eigenvalue weighted by molar-refractivity contribution is 5.76. The first kappa shape index (κ1) is 21.2. The molecule has 0 aliphatic rings. The Morgan fingerprint density at radius 1 is 1.16 bits per heavy atom. The van der Waals surface area contributed by atoms with Crippen LogP contribution in [-0.4, -0.2) is 22.2 Å². The van der Waals surface area contributed by atoms with Crippen LogP contribution < -0.4 is 5.32 Å². The SMILES string of the molecule is CCCCCCCCCNC(=O)CCc1c(C)nn(CCC#N)c1C.